The van der Waals surface area contributed by atoms with Crippen molar-refractivity contribution in [1.82, 2.24) is 5.32 Å². The smallest absolute Gasteiger partial charge is 0.220 e. The van der Waals surface area contributed by atoms with Crippen LogP contribution in [0, 0.1) is 0 Å². The molecule has 0 aliphatic heterocycles. The molecule has 1 unspecified atom stereocenters. The van der Waals surface area contributed by atoms with E-state index in [4.69, 9.17) is 0 Å². The summed E-state index contributed by atoms with van der Waals surface area (Å²) < 4.78 is 0. The molecule has 0 aliphatic rings. The van der Waals surface area contributed by atoms with E-state index in [-0.39, 0.29) is 5.91 Å². The van der Waals surface area contributed by atoms with E-state index in [1.807, 2.05) is 0 Å². The lowest BCUT2D eigenvalue weighted by Gasteiger charge is -2.29. The van der Waals surface area contributed by atoms with Crippen LogP contribution in [0.5, 0.6) is 0 Å². The van der Waals surface area contributed by atoms with Gasteiger partial charge in [-0.25, -0.2) is 0 Å². The maximum Gasteiger partial charge on any atom is 0.220 e. The molecule has 66 valence electrons. The molecule has 0 aromatic rings. The number of rotatable bonds is 3. The van der Waals surface area contributed by atoms with Crippen LogP contribution in [0.3, 0.4) is 0 Å². The van der Waals surface area contributed by atoms with E-state index < -0.39 is 11.6 Å². The van der Waals surface area contributed by atoms with Gasteiger partial charge in [0, 0.05) is 6.42 Å². The molecule has 0 radical (unpaired) electrons. The van der Waals surface area contributed by atoms with Gasteiger partial charge in [-0.1, -0.05) is 6.92 Å². The second-order valence-corrected chi connectivity index (χ2v) is 3.30. The van der Waals surface area contributed by atoms with Crippen LogP contribution in [0.2, 0.25) is 0 Å². The quantitative estimate of drug-likeness (QED) is 0.636. The average molecular weight is 159 g/mol. The molecule has 0 heterocycles. The molecule has 0 saturated heterocycles. The molecule has 0 spiro atoms. The van der Waals surface area contributed by atoms with Gasteiger partial charge in [0.25, 0.3) is 0 Å². The molecular formula is C8H17NO2. The molecule has 0 aromatic heterocycles. The lowest BCUT2D eigenvalue weighted by molar-refractivity contribution is -0.123. The Hall–Kier alpha value is -0.570. The number of hydrogen-bond donors (Lipinski definition) is 2. The highest BCUT2D eigenvalue weighted by molar-refractivity contribution is 5.76. The minimum absolute atomic E-state index is 0.0316. The van der Waals surface area contributed by atoms with Gasteiger partial charge in [-0.3, -0.25) is 4.79 Å². The summed E-state index contributed by atoms with van der Waals surface area (Å²) in [4.78, 5) is 10.9. The fourth-order valence-corrected chi connectivity index (χ4v) is 0.552. The normalized spacial score (nSPS) is 14.3. The maximum atomic E-state index is 10.9. The number of amides is 1. The van der Waals surface area contributed by atoms with Crippen molar-refractivity contribution in [3.63, 3.8) is 0 Å². The summed E-state index contributed by atoms with van der Waals surface area (Å²) in [6.45, 7) is 7.04. The van der Waals surface area contributed by atoms with Crippen molar-refractivity contribution in [2.24, 2.45) is 0 Å². The Bertz CT molecular complexity index is 141. The minimum Gasteiger partial charge on any atom is -0.391 e. The van der Waals surface area contributed by atoms with Gasteiger partial charge in [-0.15, -0.1) is 0 Å². The summed E-state index contributed by atoms with van der Waals surface area (Å²) in [5.74, 6) is -0.0316. The average Bonchev–Trinajstić information content (AvgIpc) is 1.86. The highest BCUT2D eigenvalue weighted by Crippen LogP contribution is 2.07. The number of carbonyl (C=O) groups excluding carboxylic acids is 1. The van der Waals surface area contributed by atoms with Gasteiger partial charge < -0.3 is 10.4 Å². The van der Waals surface area contributed by atoms with Gasteiger partial charge in [0.05, 0.1) is 11.6 Å². The first-order valence-electron chi connectivity index (χ1n) is 3.89. The minimum atomic E-state index is -0.530. The number of nitrogens with one attached hydrogen (secondary N) is 1. The molecule has 3 heteroatoms. The third-order valence-corrected chi connectivity index (χ3v) is 1.83. The zero-order valence-corrected chi connectivity index (χ0v) is 7.64. The number of aliphatic hydroxyl groups excluding tert-OH is 1. The largest absolute Gasteiger partial charge is 0.391 e. The van der Waals surface area contributed by atoms with Crippen LogP contribution in [0.4, 0.5) is 0 Å². The van der Waals surface area contributed by atoms with Crippen molar-refractivity contribution in [2.45, 2.75) is 45.8 Å². The molecular weight excluding hydrogens is 142 g/mol. The third-order valence-electron chi connectivity index (χ3n) is 1.83. The topological polar surface area (TPSA) is 49.3 Å². The molecule has 0 fully saturated rings. The van der Waals surface area contributed by atoms with Gasteiger partial charge in [0.1, 0.15) is 0 Å². The van der Waals surface area contributed by atoms with Crippen LogP contribution in [0.25, 0.3) is 0 Å². The first kappa shape index (κ1) is 10.4. The molecule has 1 atom stereocenters. The highest BCUT2D eigenvalue weighted by atomic mass is 16.3. The zero-order chi connectivity index (χ0) is 9.07. The van der Waals surface area contributed by atoms with E-state index in [2.05, 4.69) is 5.32 Å². The van der Waals surface area contributed by atoms with E-state index in [1.54, 1.807) is 27.7 Å². The van der Waals surface area contributed by atoms with Crippen molar-refractivity contribution < 1.29 is 9.90 Å². The summed E-state index contributed by atoms with van der Waals surface area (Å²) >= 11 is 0. The van der Waals surface area contributed by atoms with E-state index >= 15 is 0 Å². The first-order valence-corrected chi connectivity index (χ1v) is 3.89. The van der Waals surface area contributed by atoms with Crippen molar-refractivity contribution >= 4 is 5.91 Å². The van der Waals surface area contributed by atoms with Crippen LogP contribution in [0.15, 0.2) is 0 Å². The first-order chi connectivity index (χ1) is 4.90. The zero-order valence-electron chi connectivity index (χ0n) is 7.64. The predicted octanol–water partition coefficient (Wildman–Crippen LogP) is 0.672. The van der Waals surface area contributed by atoms with Crippen molar-refractivity contribution in [1.29, 1.82) is 0 Å². The van der Waals surface area contributed by atoms with Crippen LogP contribution in [-0.4, -0.2) is 22.7 Å². The second-order valence-electron chi connectivity index (χ2n) is 3.30. The summed E-state index contributed by atoms with van der Waals surface area (Å²) in [7, 11) is 0. The molecule has 1 amide bonds. The van der Waals surface area contributed by atoms with Crippen LogP contribution >= 0.6 is 0 Å². The van der Waals surface area contributed by atoms with Crippen molar-refractivity contribution in [2.75, 3.05) is 0 Å². The second kappa shape index (κ2) is 3.72. The van der Waals surface area contributed by atoms with Gasteiger partial charge >= 0.3 is 0 Å². The Morgan fingerprint density at radius 1 is 1.64 bits per heavy atom. The van der Waals surface area contributed by atoms with Gasteiger partial charge in [0.2, 0.25) is 5.91 Å². The number of aliphatic hydroxyl groups is 1. The highest BCUT2D eigenvalue weighted by Gasteiger charge is 2.24. The molecule has 0 bridgehead atoms. The fourth-order valence-electron chi connectivity index (χ4n) is 0.552. The molecule has 2 N–H and O–H groups in total. The molecule has 0 aliphatic carbocycles. The summed E-state index contributed by atoms with van der Waals surface area (Å²) in [6.07, 6.45) is -0.0751. The Labute approximate surface area is 67.8 Å². The van der Waals surface area contributed by atoms with E-state index in [9.17, 15) is 9.90 Å². The lowest BCUT2D eigenvalue weighted by atomic mass is 9.99. The maximum absolute atomic E-state index is 10.9. The SMILES string of the molecule is CCC(=O)NC(C)(C)C(C)O. The lowest BCUT2D eigenvalue weighted by Crippen LogP contribution is -2.50. The molecule has 0 aromatic carbocycles. The fraction of sp³-hybridized carbons (Fsp3) is 0.875. The van der Waals surface area contributed by atoms with E-state index in [1.165, 1.54) is 0 Å². The third kappa shape index (κ3) is 3.37. The molecule has 0 rings (SSSR count). The summed E-state index contributed by atoms with van der Waals surface area (Å²) in [6, 6.07) is 0. The number of hydrogen-bond acceptors (Lipinski definition) is 2. The Morgan fingerprint density at radius 2 is 2.09 bits per heavy atom. The van der Waals surface area contributed by atoms with E-state index in [0.717, 1.165) is 0 Å². The molecule has 11 heavy (non-hydrogen) atoms. The van der Waals surface area contributed by atoms with Crippen molar-refractivity contribution in [3.8, 4) is 0 Å². The Kier molecular flexibility index (Phi) is 3.52. The van der Waals surface area contributed by atoms with Crippen LogP contribution < -0.4 is 5.32 Å². The van der Waals surface area contributed by atoms with E-state index in [0.29, 0.717) is 6.42 Å². The summed E-state index contributed by atoms with van der Waals surface area (Å²) in [5, 5.41) is 11.9. The van der Waals surface area contributed by atoms with Gasteiger partial charge in [-0.05, 0) is 20.8 Å². The molecule has 0 saturated carbocycles. The van der Waals surface area contributed by atoms with Crippen LogP contribution in [-0.2, 0) is 4.79 Å². The predicted molar refractivity (Wildman–Crippen MR) is 44.2 cm³/mol. The Balaban J connectivity index is 4.01. The standard InChI is InChI=1S/C8H17NO2/c1-5-7(11)9-8(3,4)6(2)10/h6,10H,5H2,1-4H3,(H,9,11). The summed E-state index contributed by atoms with van der Waals surface area (Å²) in [5.41, 5.74) is -0.521. The number of carbonyl (C=O) groups is 1. The molecule has 3 nitrogen and oxygen atoms in total. The van der Waals surface area contributed by atoms with Crippen LogP contribution in [0.1, 0.15) is 34.1 Å². The Morgan fingerprint density at radius 3 is 2.36 bits per heavy atom. The van der Waals surface area contributed by atoms with Gasteiger partial charge in [0.15, 0.2) is 0 Å². The monoisotopic (exact) mass is 159 g/mol. The van der Waals surface area contributed by atoms with Gasteiger partial charge in [-0.2, -0.15) is 0 Å². The van der Waals surface area contributed by atoms with Crippen molar-refractivity contribution in [3.05, 3.63) is 0 Å².